The van der Waals surface area contributed by atoms with Crippen molar-refractivity contribution in [3.63, 3.8) is 0 Å². The van der Waals surface area contributed by atoms with Crippen LogP contribution in [0.15, 0.2) is 48.5 Å². The summed E-state index contributed by atoms with van der Waals surface area (Å²) >= 11 is 6.02. The van der Waals surface area contributed by atoms with Crippen LogP contribution >= 0.6 is 11.6 Å². The summed E-state index contributed by atoms with van der Waals surface area (Å²) in [6.07, 6.45) is 0.767. The van der Waals surface area contributed by atoms with Crippen molar-refractivity contribution in [2.45, 2.75) is 12.5 Å². The average molecular weight is 415 g/mol. The Morgan fingerprint density at radius 1 is 1.28 bits per heavy atom. The standard InChI is InChI=1S/C21H20ClFN4O2/c1-29-16-5-2-13(3-6-16)19-11-20(26-25-19)27-9-8-15(12-27)24-21(28)17-10-14(23)4-7-18(17)22/h2-7,10-11,15H,8-9,12H2,1H3,(H,24,28)(H,25,26)/t15-/m0/s1. The molecule has 1 aliphatic rings. The molecule has 1 fully saturated rings. The minimum Gasteiger partial charge on any atom is -0.497 e. The predicted molar refractivity (Wildman–Crippen MR) is 110 cm³/mol. The largest absolute Gasteiger partial charge is 0.497 e. The number of H-pyrrole nitrogens is 1. The summed E-state index contributed by atoms with van der Waals surface area (Å²) in [5.41, 5.74) is 2.06. The van der Waals surface area contributed by atoms with Crippen LogP contribution in [0, 0.1) is 5.82 Å². The van der Waals surface area contributed by atoms with E-state index in [2.05, 4.69) is 20.4 Å². The average Bonchev–Trinajstić information content (AvgIpc) is 3.39. The normalized spacial score (nSPS) is 16.1. The number of ether oxygens (including phenoxy) is 1. The molecule has 0 saturated carbocycles. The SMILES string of the molecule is COc1ccc(-c2cc(N3CC[C@H](NC(=O)c4cc(F)ccc4Cl)C3)n[nH]2)cc1. The van der Waals surface area contributed by atoms with Gasteiger partial charge >= 0.3 is 0 Å². The second-order valence-corrected chi connectivity index (χ2v) is 7.30. The van der Waals surface area contributed by atoms with Crippen LogP contribution in [0.4, 0.5) is 10.2 Å². The molecule has 1 amide bonds. The minimum absolute atomic E-state index is 0.0667. The highest BCUT2D eigenvalue weighted by Crippen LogP contribution is 2.26. The summed E-state index contributed by atoms with van der Waals surface area (Å²) in [7, 11) is 1.63. The van der Waals surface area contributed by atoms with E-state index < -0.39 is 5.82 Å². The number of methoxy groups -OCH3 is 1. The number of amides is 1. The van der Waals surface area contributed by atoms with Gasteiger partial charge in [0.2, 0.25) is 0 Å². The van der Waals surface area contributed by atoms with E-state index in [-0.39, 0.29) is 22.5 Å². The molecule has 1 saturated heterocycles. The number of hydrogen-bond donors (Lipinski definition) is 2. The molecule has 1 aromatic heterocycles. The Morgan fingerprint density at radius 3 is 2.83 bits per heavy atom. The van der Waals surface area contributed by atoms with E-state index >= 15 is 0 Å². The van der Waals surface area contributed by atoms with Gasteiger partial charge in [-0.05, 0) is 54.4 Å². The van der Waals surface area contributed by atoms with Crippen LogP contribution in [0.5, 0.6) is 5.75 Å². The summed E-state index contributed by atoms with van der Waals surface area (Å²) in [6, 6.07) is 13.4. The van der Waals surface area contributed by atoms with Crippen LogP contribution < -0.4 is 15.0 Å². The van der Waals surface area contributed by atoms with Gasteiger partial charge in [0.25, 0.3) is 5.91 Å². The topological polar surface area (TPSA) is 70.2 Å². The number of carbonyl (C=O) groups excluding carboxylic acids is 1. The lowest BCUT2D eigenvalue weighted by Crippen LogP contribution is -2.37. The molecular weight excluding hydrogens is 395 g/mol. The van der Waals surface area contributed by atoms with Crippen LogP contribution in [-0.4, -0.2) is 42.3 Å². The molecule has 0 unspecified atom stereocenters. The Kier molecular flexibility index (Phi) is 5.40. The number of anilines is 1. The van der Waals surface area contributed by atoms with Crippen LogP contribution in [0.1, 0.15) is 16.8 Å². The lowest BCUT2D eigenvalue weighted by molar-refractivity contribution is 0.0940. The van der Waals surface area contributed by atoms with E-state index in [1.165, 1.54) is 12.1 Å². The number of nitrogens with zero attached hydrogens (tertiary/aromatic N) is 2. The van der Waals surface area contributed by atoms with E-state index in [1.54, 1.807) is 7.11 Å². The maximum Gasteiger partial charge on any atom is 0.253 e. The minimum atomic E-state index is -0.491. The van der Waals surface area contributed by atoms with E-state index in [1.807, 2.05) is 30.3 Å². The quantitative estimate of drug-likeness (QED) is 0.664. The van der Waals surface area contributed by atoms with Gasteiger partial charge < -0.3 is 15.0 Å². The van der Waals surface area contributed by atoms with E-state index in [0.717, 1.165) is 41.9 Å². The van der Waals surface area contributed by atoms with Gasteiger partial charge in [0, 0.05) is 25.2 Å². The molecule has 0 radical (unpaired) electrons. The van der Waals surface area contributed by atoms with Crippen molar-refractivity contribution >= 4 is 23.3 Å². The first kappa shape index (κ1) is 19.3. The third-order valence-corrected chi connectivity index (χ3v) is 5.32. The Morgan fingerprint density at radius 2 is 2.07 bits per heavy atom. The first-order chi connectivity index (χ1) is 14.0. The summed E-state index contributed by atoms with van der Waals surface area (Å²) in [5.74, 6) is 0.749. The van der Waals surface area contributed by atoms with Crippen molar-refractivity contribution in [2.24, 2.45) is 0 Å². The highest BCUT2D eigenvalue weighted by Gasteiger charge is 2.26. The molecule has 0 bridgehead atoms. The highest BCUT2D eigenvalue weighted by atomic mass is 35.5. The molecule has 1 atom stereocenters. The first-order valence-corrected chi connectivity index (χ1v) is 9.62. The van der Waals surface area contributed by atoms with Gasteiger partial charge in [0.05, 0.1) is 23.4 Å². The van der Waals surface area contributed by atoms with Gasteiger partial charge in [-0.15, -0.1) is 0 Å². The Labute approximate surface area is 172 Å². The molecule has 2 N–H and O–H groups in total. The van der Waals surface area contributed by atoms with Crippen molar-refractivity contribution < 1.29 is 13.9 Å². The zero-order valence-corrected chi connectivity index (χ0v) is 16.5. The first-order valence-electron chi connectivity index (χ1n) is 9.24. The van der Waals surface area contributed by atoms with Gasteiger partial charge in [0.15, 0.2) is 5.82 Å². The molecule has 3 aromatic rings. The summed E-state index contributed by atoms with van der Waals surface area (Å²) in [6.45, 7) is 1.38. The smallest absolute Gasteiger partial charge is 0.253 e. The fraction of sp³-hybridized carbons (Fsp3) is 0.238. The molecule has 0 spiro atoms. The van der Waals surface area contributed by atoms with Crippen molar-refractivity contribution in [2.75, 3.05) is 25.1 Å². The van der Waals surface area contributed by atoms with Gasteiger partial charge in [-0.1, -0.05) is 11.6 Å². The predicted octanol–water partition coefficient (Wildman–Crippen LogP) is 3.89. The molecule has 2 heterocycles. The van der Waals surface area contributed by atoms with Gasteiger partial charge in [-0.25, -0.2) is 4.39 Å². The number of carbonyl (C=O) groups is 1. The van der Waals surface area contributed by atoms with Gasteiger partial charge in [-0.2, -0.15) is 5.10 Å². The fourth-order valence-corrected chi connectivity index (χ4v) is 3.62. The molecule has 1 aliphatic heterocycles. The molecule has 4 rings (SSSR count). The number of rotatable bonds is 5. The Balaban J connectivity index is 1.40. The van der Waals surface area contributed by atoms with Crippen molar-refractivity contribution in [1.29, 1.82) is 0 Å². The molecule has 29 heavy (non-hydrogen) atoms. The second-order valence-electron chi connectivity index (χ2n) is 6.90. The van der Waals surface area contributed by atoms with E-state index in [4.69, 9.17) is 16.3 Å². The van der Waals surface area contributed by atoms with E-state index in [9.17, 15) is 9.18 Å². The molecule has 150 valence electrons. The van der Waals surface area contributed by atoms with Gasteiger partial charge in [0.1, 0.15) is 11.6 Å². The third kappa shape index (κ3) is 4.19. The summed E-state index contributed by atoms with van der Waals surface area (Å²) < 4.78 is 18.6. The lowest BCUT2D eigenvalue weighted by Gasteiger charge is -2.16. The second kappa shape index (κ2) is 8.13. The van der Waals surface area contributed by atoms with Crippen LogP contribution in [0.3, 0.4) is 0 Å². The third-order valence-electron chi connectivity index (χ3n) is 4.99. The molecule has 8 heteroatoms. The molecular formula is C21H20ClFN4O2. The van der Waals surface area contributed by atoms with Crippen LogP contribution in [0.25, 0.3) is 11.3 Å². The monoisotopic (exact) mass is 414 g/mol. The fourth-order valence-electron chi connectivity index (χ4n) is 3.41. The van der Waals surface area contributed by atoms with Crippen LogP contribution in [-0.2, 0) is 0 Å². The number of benzene rings is 2. The molecule has 6 nitrogen and oxygen atoms in total. The lowest BCUT2D eigenvalue weighted by atomic mass is 10.1. The zero-order chi connectivity index (χ0) is 20.4. The Hall–Kier alpha value is -3.06. The molecule has 0 aliphatic carbocycles. The number of halogens is 2. The van der Waals surface area contributed by atoms with Crippen molar-refractivity contribution in [3.8, 4) is 17.0 Å². The molecule has 2 aromatic carbocycles. The number of hydrogen-bond acceptors (Lipinski definition) is 4. The van der Waals surface area contributed by atoms with E-state index in [0.29, 0.717) is 6.54 Å². The maximum absolute atomic E-state index is 13.4. The highest BCUT2D eigenvalue weighted by molar-refractivity contribution is 6.33. The van der Waals surface area contributed by atoms with Gasteiger partial charge in [-0.3, -0.25) is 9.89 Å². The number of nitrogens with one attached hydrogen (secondary N) is 2. The number of aromatic nitrogens is 2. The maximum atomic E-state index is 13.4. The zero-order valence-electron chi connectivity index (χ0n) is 15.8. The summed E-state index contributed by atoms with van der Waals surface area (Å²) in [5, 5.41) is 10.6. The van der Waals surface area contributed by atoms with Crippen molar-refractivity contribution in [3.05, 3.63) is 64.9 Å². The Bertz CT molecular complexity index is 1020. The summed E-state index contributed by atoms with van der Waals surface area (Å²) in [4.78, 5) is 14.5. The van der Waals surface area contributed by atoms with Crippen LogP contribution in [0.2, 0.25) is 5.02 Å². The number of aromatic amines is 1. The van der Waals surface area contributed by atoms with Crippen molar-refractivity contribution in [1.82, 2.24) is 15.5 Å².